The quantitative estimate of drug-likeness (QED) is 0.548. The van der Waals surface area contributed by atoms with Gasteiger partial charge in [0.15, 0.2) is 0 Å². The van der Waals surface area contributed by atoms with Gasteiger partial charge in [0.05, 0.1) is 19.6 Å². The van der Waals surface area contributed by atoms with Crippen molar-refractivity contribution < 1.29 is 9.89 Å². The van der Waals surface area contributed by atoms with Crippen LogP contribution in [-0.2, 0) is 0 Å². The maximum absolute atomic E-state index is 3.65. The number of rotatable bonds is 3. The van der Waals surface area contributed by atoms with Crippen LogP contribution in [0.15, 0.2) is 0 Å². The first-order valence-corrected chi connectivity index (χ1v) is 7.08. The van der Waals surface area contributed by atoms with Crippen molar-refractivity contribution in [3.8, 4) is 0 Å². The van der Waals surface area contributed by atoms with Crippen molar-refractivity contribution >= 4 is 5.84 Å². The van der Waals surface area contributed by atoms with E-state index in [9.17, 15) is 0 Å². The second-order valence-electron chi connectivity index (χ2n) is 5.20. The first kappa shape index (κ1) is 11.9. The van der Waals surface area contributed by atoms with E-state index in [1.807, 2.05) is 0 Å². The maximum Gasteiger partial charge on any atom is 0.242 e. The van der Waals surface area contributed by atoms with Gasteiger partial charge in [-0.15, -0.1) is 0 Å². The van der Waals surface area contributed by atoms with Crippen LogP contribution in [0.4, 0.5) is 0 Å². The number of quaternary nitrogens is 1. The van der Waals surface area contributed by atoms with Crippen LogP contribution in [0.2, 0.25) is 0 Å². The van der Waals surface area contributed by atoms with Gasteiger partial charge < -0.3 is 4.90 Å². The SMILES string of the molecule is CC[NH+]1CCC[C@@H]1CNC1=[NH+]CCCCC1. The monoisotopic (exact) mass is 225 g/mol. The second kappa shape index (κ2) is 6.24. The number of hydrogen-bond donors (Lipinski definition) is 3. The molecule has 3 N–H and O–H groups in total. The molecule has 0 amide bonds. The molecule has 3 nitrogen and oxygen atoms in total. The highest BCUT2D eigenvalue weighted by molar-refractivity contribution is 5.76. The fourth-order valence-corrected chi connectivity index (χ4v) is 3.02. The second-order valence-corrected chi connectivity index (χ2v) is 5.20. The van der Waals surface area contributed by atoms with E-state index >= 15 is 0 Å². The molecule has 3 heteroatoms. The highest BCUT2D eigenvalue weighted by Gasteiger charge is 2.28. The molecule has 0 radical (unpaired) electrons. The summed E-state index contributed by atoms with van der Waals surface area (Å²) in [5, 5.41) is 3.65. The summed E-state index contributed by atoms with van der Waals surface area (Å²) in [5.41, 5.74) is 0. The van der Waals surface area contributed by atoms with Gasteiger partial charge in [0.25, 0.3) is 0 Å². The van der Waals surface area contributed by atoms with Crippen LogP contribution in [0.3, 0.4) is 0 Å². The summed E-state index contributed by atoms with van der Waals surface area (Å²) in [6, 6.07) is 0.850. The van der Waals surface area contributed by atoms with Crippen molar-refractivity contribution in [1.82, 2.24) is 5.32 Å². The summed E-state index contributed by atoms with van der Waals surface area (Å²) >= 11 is 0. The molecule has 0 aromatic rings. The van der Waals surface area contributed by atoms with Crippen molar-refractivity contribution in [3.05, 3.63) is 0 Å². The number of likely N-dealkylation sites (N-methyl/N-ethyl adjacent to an activating group) is 1. The van der Waals surface area contributed by atoms with Crippen LogP contribution in [-0.4, -0.2) is 38.1 Å². The fourth-order valence-electron chi connectivity index (χ4n) is 3.02. The standard InChI is InChI=1S/C13H25N3/c1-2-16-10-6-7-12(16)11-15-13-8-4-3-5-9-14-13/h12H,2-11H2,1H3,(H,14,15)/p+2/t12-/m1/s1. The molecule has 0 aliphatic carbocycles. The van der Waals surface area contributed by atoms with Crippen molar-refractivity contribution in [2.24, 2.45) is 0 Å². The molecule has 1 saturated heterocycles. The van der Waals surface area contributed by atoms with E-state index in [4.69, 9.17) is 0 Å². The van der Waals surface area contributed by atoms with Crippen LogP contribution in [0.1, 0.15) is 45.4 Å². The molecule has 0 saturated carbocycles. The molecule has 1 fully saturated rings. The average Bonchev–Trinajstić information content (AvgIpc) is 2.60. The van der Waals surface area contributed by atoms with Gasteiger partial charge in [-0.3, -0.25) is 10.3 Å². The lowest BCUT2D eigenvalue weighted by molar-refractivity contribution is -0.909. The fraction of sp³-hybridized carbons (Fsp3) is 0.923. The minimum Gasteiger partial charge on any atom is -0.329 e. The Kier molecular flexibility index (Phi) is 4.64. The van der Waals surface area contributed by atoms with Gasteiger partial charge in [-0.25, -0.2) is 0 Å². The third-order valence-electron chi connectivity index (χ3n) is 4.09. The van der Waals surface area contributed by atoms with Gasteiger partial charge in [0.1, 0.15) is 12.6 Å². The maximum atomic E-state index is 3.65. The lowest BCUT2D eigenvalue weighted by Crippen LogP contribution is -3.14. The molecule has 0 aromatic heterocycles. The van der Waals surface area contributed by atoms with Gasteiger partial charge in [-0.1, -0.05) is 0 Å². The molecule has 0 spiro atoms. The van der Waals surface area contributed by atoms with E-state index in [0.29, 0.717) is 0 Å². The Labute approximate surface area is 99.3 Å². The topological polar surface area (TPSA) is 30.4 Å². The van der Waals surface area contributed by atoms with E-state index in [1.54, 1.807) is 4.90 Å². The highest BCUT2D eigenvalue weighted by atomic mass is 15.2. The number of nitrogens with one attached hydrogen (secondary N) is 3. The summed E-state index contributed by atoms with van der Waals surface area (Å²) in [6.07, 6.45) is 8.12. The molecule has 0 aromatic carbocycles. The number of hydrogen-bond acceptors (Lipinski definition) is 1. The minimum absolute atomic E-state index is 0.850. The molecule has 92 valence electrons. The number of amidine groups is 1. The summed E-state index contributed by atoms with van der Waals surface area (Å²) in [5.74, 6) is 1.40. The molecule has 2 atom stereocenters. The van der Waals surface area contributed by atoms with Crippen LogP contribution >= 0.6 is 0 Å². The van der Waals surface area contributed by atoms with Crippen molar-refractivity contribution in [2.45, 2.75) is 51.5 Å². The Balaban J connectivity index is 1.75. The predicted molar refractivity (Wildman–Crippen MR) is 66.7 cm³/mol. The van der Waals surface area contributed by atoms with Gasteiger partial charge >= 0.3 is 0 Å². The van der Waals surface area contributed by atoms with E-state index in [-0.39, 0.29) is 0 Å². The zero-order chi connectivity index (χ0) is 11.2. The molecule has 2 rings (SSSR count). The van der Waals surface area contributed by atoms with E-state index in [2.05, 4.69) is 17.2 Å². The Morgan fingerprint density at radius 3 is 3.12 bits per heavy atom. The van der Waals surface area contributed by atoms with Crippen molar-refractivity contribution in [2.75, 3.05) is 26.2 Å². The summed E-state index contributed by atoms with van der Waals surface area (Å²) in [6.45, 7) is 7.31. The van der Waals surface area contributed by atoms with Crippen molar-refractivity contribution in [1.29, 1.82) is 0 Å². The van der Waals surface area contributed by atoms with Gasteiger partial charge in [-0.2, -0.15) is 0 Å². The molecular formula is C13H27N3+2. The van der Waals surface area contributed by atoms with Gasteiger partial charge in [-0.05, 0) is 26.2 Å². The normalized spacial score (nSPS) is 30.9. The first-order valence-electron chi connectivity index (χ1n) is 7.08. The van der Waals surface area contributed by atoms with Crippen molar-refractivity contribution in [3.63, 3.8) is 0 Å². The lowest BCUT2D eigenvalue weighted by atomic mass is 10.2. The minimum atomic E-state index is 0.850. The highest BCUT2D eigenvalue weighted by Crippen LogP contribution is 2.01. The largest absolute Gasteiger partial charge is 0.329 e. The van der Waals surface area contributed by atoms with E-state index < -0.39 is 0 Å². The summed E-state index contributed by atoms with van der Waals surface area (Å²) < 4.78 is 0. The third-order valence-corrected chi connectivity index (χ3v) is 4.09. The lowest BCUT2D eigenvalue weighted by Gasteiger charge is -2.18. The van der Waals surface area contributed by atoms with E-state index in [0.717, 1.165) is 12.6 Å². The molecular weight excluding hydrogens is 198 g/mol. The average molecular weight is 225 g/mol. The molecule has 1 unspecified atom stereocenters. The Morgan fingerprint density at radius 2 is 2.25 bits per heavy atom. The molecule has 2 aliphatic rings. The summed E-state index contributed by atoms with van der Waals surface area (Å²) in [4.78, 5) is 5.33. The van der Waals surface area contributed by atoms with Gasteiger partial charge in [0.2, 0.25) is 5.84 Å². The van der Waals surface area contributed by atoms with Crippen LogP contribution in [0, 0.1) is 0 Å². The Bertz CT molecular complexity index is 237. The Hall–Kier alpha value is -0.570. The van der Waals surface area contributed by atoms with Gasteiger partial charge in [0, 0.05) is 19.3 Å². The van der Waals surface area contributed by atoms with Crippen LogP contribution < -0.4 is 15.2 Å². The summed E-state index contributed by atoms with van der Waals surface area (Å²) in [7, 11) is 0. The molecule has 2 heterocycles. The molecule has 16 heavy (non-hydrogen) atoms. The van der Waals surface area contributed by atoms with Crippen LogP contribution in [0.25, 0.3) is 0 Å². The molecule has 0 bridgehead atoms. The van der Waals surface area contributed by atoms with Crippen LogP contribution in [0.5, 0.6) is 0 Å². The van der Waals surface area contributed by atoms with E-state index in [1.165, 1.54) is 64.0 Å². The smallest absolute Gasteiger partial charge is 0.242 e. The Morgan fingerprint density at radius 1 is 1.31 bits per heavy atom. The zero-order valence-corrected chi connectivity index (χ0v) is 10.6. The number of likely N-dealkylation sites (tertiary alicyclic amines) is 1. The zero-order valence-electron chi connectivity index (χ0n) is 10.6. The third kappa shape index (κ3) is 3.21. The first-order chi connectivity index (χ1) is 7.90. The predicted octanol–water partition coefficient (Wildman–Crippen LogP) is -1.30. The molecule has 2 aliphatic heterocycles.